The highest BCUT2D eigenvalue weighted by molar-refractivity contribution is 7.63. The van der Waals surface area contributed by atoms with Crippen LogP contribution in [0.4, 0.5) is 8.78 Å². The van der Waals surface area contributed by atoms with Crippen LogP contribution < -0.4 is 0 Å². The second kappa shape index (κ2) is 3.18. The van der Waals surface area contributed by atoms with Gasteiger partial charge in [-0.1, -0.05) is 0 Å². The summed E-state index contributed by atoms with van der Waals surface area (Å²) in [5.41, 5.74) is 0. The molecule has 1 nitrogen and oxygen atoms in total. The van der Waals surface area contributed by atoms with Crippen LogP contribution in [0, 0.1) is 24.2 Å². The summed E-state index contributed by atoms with van der Waals surface area (Å²) in [6, 6.07) is 0. The van der Waals surface area contributed by atoms with Crippen LogP contribution in [0.15, 0.2) is 0 Å². The molecule has 1 rings (SSSR count). The third-order valence-electron chi connectivity index (χ3n) is 2.23. The van der Waals surface area contributed by atoms with E-state index in [2.05, 4.69) is 5.92 Å². The molecule has 0 aliphatic carbocycles. The van der Waals surface area contributed by atoms with Crippen molar-refractivity contribution in [2.45, 2.75) is 6.43 Å². The Labute approximate surface area is 70.9 Å². The first-order valence-electron chi connectivity index (χ1n) is 3.76. The fraction of sp³-hybridized carbons (Fsp3) is 0.750. The fourth-order valence-electron chi connectivity index (χ4n) is 1.63. The van der Waals surface area contributed by atoms with Crippen LogP contribution in [-0.2, 0) is 4.57 Å². The van der Waals surface area contributed by atoms with Gasteiger partial charge in [0, 0.05) is 24.2 Å². The number of terminal acetylenes is 1. The molecule has 0 spiro atoms. The van der Waals surface area contributed by atoms with E-state index in [1.54, 1.807) is 6.66 Å². The van der Waals surface area contributed by atoms with Crippen LogP contribution in [0.3, 0.4) is 0 Å². The summed E-state index contributed by atoms with van der Waals surface area (Å²) in [5.74, 6) is 0.972. The zero-order chi connectivity index (χ0) is 9.35. The monoisotopic (exact) mass is 192 g/mol. The molecule has 1 fully saturated rings. The van der Waals surface area contributed by atoms with Gasteiger partial charge in [0.05, 0.1) is 7.14 Å². The molecular weight excluding hydrogens is 181 g/mol. The number of hydrogen-bond donors (Lipinski definition) is 0. The van der Waals surface area contributed by atoms with Crippen LogP contribution in [0.25, 0.3) is 0 Å². The van der Waals surface area contributed by atoms with E-state index in [1.165, 1.54) is 0 Å². The van der Waals surface area contributed by atoms with E-state index in [0.717, 1.165) is 0 Å². The molecule has 1 heterocycles. The molecular formula is C8H11F2OP. The molecule has 1 aliphatic rings. The zero-order valence-electron chi connectivity index (χ0n) is 6.84. The summed E-state index contributed by atoms with van der Waals surface area (Å²) in [6.45, 7) is 1.56. The maximum absolute atomic E-state index is 12.3. The minimum absolute atomic E-state index is 0.111. The highest BCUT2D eigenvalue weighted by atomic mass is 31.2. The van der Waals surface area contributed by atoms with Crippen LogP contribution >= 0.6 is 7.14 Å². The SMILES string of the molecule is C#CC1CP(C)(=O)CC1C(F)F. The van der Waals surface area contributed by atoms with Crippen LogP contribution in [0.1, 0.15) is 0 Å². The lowest BCUT2D eigenvalue weighted by molar-refractivity contribution is 0.0773. The minimum Gasteiger partial charge on any atom is -0.324 e. The van der Waals surface area contributed by atoms with Gasteiger partial charge in [-0.2, -0.15) is 0 Å². The van der Waals surface area contributed by atoms with Crippen molar-refractivity contribution < 1.29 is 13.3 Å². The standard InChI is InChI=1S/C8H11F2OP/c1-3-6-4-12(2,11)5-7(6)8(9)10/h1,6-8H,4-5H2,2H3. The number of hydrogen-bond acceptors (Lipinski definition) is 1. The van der Waals surface area contributed by atoms with Crippen molar-refractivity contribution in [3.05, 3.63) is 0 Å². The molecule has 0 N–H and O–H groups in total. The second-order valence-corrected chi connectivity index (χ2v) is 6.76. The molecule has 0 aromatic rings. The predicted octanol–water partition coefficient (Wildman–Crippen LogP) is 2.12. The van der Waals surface area contributed by atoms with E-state index in [9.17, 15) is 13.3 Å². The Bertz CT molecular complexity index is 256. The normalized spacial score (nSPS) is 41.6. The summed E-state index contributed by atoms with van der Waals surface area (Å²) in [5, 5.41) is 0. The quantitative estimate of drug-likeness (QED) is 0.459. The molecule has 3 unspecified atom stereocenters. The number of alkyl halides is 2. The minimum atomic E-state index is -2.43. The topological polar surface area (TPSA) is 17.1 Å². The predicted molar refractivity (Wildman–Crippen MR) is 45.1 cm³/mol. The second-order valence-electron chi connectivity index (χ2n) is 3.43. The Balaban J connectivity index is 2.78. The van der Waals surface area contributed by atoms with Crippen LogP contribution in [0.2, 0.25) is 0 Å². The number of halogens is 2. The molecule has 4 heteroatoms. The molecule has 0 bridgehead atoms. The van der Waals surface area contributed by atoms with E-state index >= 15 is 0 Å². The fourth-order valence-corrected chi connectivity index (χ4v) is 4.29. The Kier molecular flexibility index (Phi) is 2.58. The van der Waals surface area contributed by atoms with Gasteiger partial charge in [-0.15, -0.1) is 12.3 Å². The Hall–Kier alpha value is -0.350. The van der Waals surface area contributed by atoms with Gasteiger partial charge in [-0.3, -0.25) is 0 Å². The first-order valence-corrected chi connectivity index (χ1v) is 6.28. The van der Waals surface area contributed by atoms with Gasteiger partial charge < -0.3 is 4.57 Å². The molecule has 0 radical (unpaired) electrons. The van der Waals surface area contributed by atoms with Crippen molar-refractivity contribution in [2.24, 2.45) is 11.8 Å². The smallest absolute Gasteiger partial charge is 0.243 e. The largest absolute Gasteiger partial charge is 0.324 e. The molecule has 1 aliphatic heterocycles. The van der Waals surface area contributed by atoms with Gasteiger partial charge >= 0.3 is 0 Å². The first-order chi connectivity index (χ1) is 5.46. The summed E-state index contributed by atoms with van der Waals surface area (Å²) in [7, 11) is -2.35. The van der Waals surface area contributed by atoms with E-state index in [0.29, 0.717) is 6.16 Å². The van der Waals surface area contributed by atoms with Gasteiger partial charge in [0.2, 0.25) is 6.43 Å². The molecule has 68 valence electrons. The van der Waals surface area contributed by atoms with Crippen molar-refractivity contribution in [1.29, 1.82) is 0 Å². The molecule has 0 aromatic heterocycles. The van der Waals surface area contributed by atoms with Gasteiger partial charge in [0.1, 0.15) is 0 Å². The molecule has 0 saturated carbocycles. The average Bonchev–Trinajstić information content (AvgIpc) is 2.25. The summed E-state index contributed by atoms with van der Waals surface area (Å²) >= 11 is 0. The maximum Gasteiger partial charge on any atom is 0.243 e. The lowest BCUT2D eigenvalue weighted by Crippen LogP contribution is -2.18. The van der Waals surface area contributed by atoms with Crippen molar-refractivity contribution in [3.8, 4) is 12.3 Å². The Morgan fingerprint density at radius 2 is 2.17 bits per heavy atom. The molecule has 0 amide bonds. The highest BCUT2D eigenvalue weighted by Crippen LogP contribution is 2.54. The summed E-state index contributed by atoms with van der Waals surface area (Å²) < 4.78 is 36.1. The average molecular weight is 192 g/mol. The van der Waals surface area contributed by atoms with Crippen molar-refractivity contribution in [1.82, 2.24) is 0 Å². The van der Waals surface area contributed by atoms with Gasteiger partial charge in [-0.05, 0) is 6.66 Å². The third kappa shape index (κ3) is 1.87. The first kappa shape index (κ1) is 9.74. The van der Waals surface area contributed by atoms with E-state index in [-0.39, 0.29) is 6.16 Å². The Morgan fingerprint density at radius 1 is 1.58 bits per heavy atom. The number of rotatable bonds is 1. The van der Waals surface area contributed by atoms with Crippen LogP contribution in [-0.4, -0.2) is 25.4 Å². The van der Waals surface area contributed by atoms with Gasteiger partial charge in [0.15, 0.2) is 0 Å². The van der Waals surface area contributed by atoms with Gasteiger partial charge in [0.25, 0.3) is 0 Å². The lowest BCUT2D eigenvalue weighted by atomic mass is 9.98. The Morgan fingerprint density at radius 3 is 2.50 bits per heavy atom. The molecule has 0 aromatic carbocycles. The van der Waals surface area contributed by atoms with Crippen LogP contribution in [0.5, 0.6) is 0 Å². The summed E-state index contributed by atoms with van der Waals surface area (Å²) in [4.78, 5) is 0. The highest BCUT2D eigenvalue weighted by Gasteiger charge is 2.42. The van der Waals surface area contributed by atoms with Gasteiger partial charge in [-0.25, -0.2) is 8.78 Å². The van der Waals surface area contributed by atoms with Crippen molar-refractivity contribution in [2.75, 3.05) is 19.0 Å². The van der Waals surface area contributed by atoms with Crippen molar-refractivity contribution in [3.63, 3.8) is 0 Å². The molecule has 3 atom stereocenters. The maximum atomic E-state index is 12.3. The molecule has 12 heavy (non-hydrogen) atoms. The molecule has 1 saturated heterocycles. The lowest BCUT2D eigenvalue weighted by Gasteiger charge is -2.10. The zero-order valence-corrected chi connectivity index (χ0v) is 7.73. The van der Waals surface area contributed by atoms with Crippen molar-refractivity contribution >= 4 is 7.14 Å². The van der Waals surface area contributed by atoms with E-state index in [1.807, 2.05) is 0 Å². The third-order valence-corrected chi connectivity index (χ3v) is 4.59. The van der Waals surface area contributed by atoms with E-state index < -0.39 is 25.4 Å². The summed E-state index contributed by atoms with van der Waals surface area (Å²) in [6.07, 6.45) is 3.05. The van der Waals surface area contributed by atoms with E-state index in [4.69, 9.17) is 6.42 Å².